The Morgan fingerprint density at radius 3 is 2.28 bits per heavy atom. The highest BCUT2D eigenvalue weighted by Gasteiger charge is 2.16. The van der Waals surface area contributed by atoms with Gasteiger partial charge in [0.2, 0.25) is 0 Å². The molecule has 1 aromatic carbocycles. The van der Waals surface area contributed by atoms with Crippen LogP contribution in [-0.2, 0) is 19.1 Å². The van der Waals surface area contributed by atoms with Crippen molar-refractivity contribution in [2.45, 2.75) is 25.7 Å². The van der Waals surface area contributed by atoms with Crippen molar-refractivity contribution in [1.29, 1.82) is 0 Å². The highest BCUT2D eigenvalue weighted by Crippen LogP contribution is 2.10. The average molecular weight is 345 g/mol. The molecule has 0 bridgehead atoms. The monoisotopic (exact) mass is 345 g/mol. The number of nitrogens with zero attached hydrogens (tertiary/aromatic N) is 1. The van der Waals surface area contributed by atoms with Gasteiger partial charge in [-0.25, -0.2) is 9.59 Å². The van der Waals surface area contributed by atoms with E-state index in [0.717, 1.165) is 44.3 Å². The summed E-state index contributed by atoms with van der Waals surface area (Å²) in [6, 6.07) is 6.61. The fourth-order valence-corrected chi connectivity index (χ4v) is 2.60. The number of hydrogen-bond acceptors (Lipinski definition) is 5. The van der Waals surface area contributed by atoms with Gasteiger partial charge in [0.25, 0.3) is 5.91 Å². The molecule has 0 N–H and O–H groups in total. The van der Waals surface area contributed by atoms with Gasteiger partial charge in [-0.3, -0.25) is 4.79 Å². The Morgan fingerprint density at radius 1 is 1.04 bits per heavy atom. The normalized spacial score (nSPS) is 14.8. The number of carbonyl (C=O) groups is 3. The van der Waals surface area contributed by atoms with Crippen molar-refractivity contribution in [2.24, 2.45) is 0 Å². The van der Waals surface area contributed by atoms with Crippen LogP contribution >= 0.6 is 0 Å². The standard InChI is InChI=1S/C19H23NO5/c1-24-19(23)16-9-6-15(7-10-16)8-11-18(22)25-14-17(21)20-12-4-2-3-5-13-20/h6-11H,2-5,12-14H2,1H3. The maximum atomic E-state index is 12.0. The first-order valence-electron chi connectivity index (χ1n) is 8.41. The Balaban J connectivity index is 1.80. The van der Waals surface area contributed by atoms with Gasteiger partial charge < -0.3 is 14.4 Å². The Kier molecular flexibility index (Phi) is 7.19. The molecule has 1 aromatic rings. The van der Waals surface area contributed by atoms with Crippen LogP contribution in [0.4, 0.5) is 0 Å². The van der Waals surface area contributed by atoms with Crippen molar-refractivity contribution in [1.82, 2.24) is 4.90 Å². The minimum absolute atomic E-state index is 0.147. The van der Waals surface area contributed by atoms with Gasteiger partial charge in [0.15, 0.2) is 6.61 Å². The third-order valence-corrected chi connectivity index (χ3v) is 4.04. The van der Waals surface area contributed by atoms with E-state index in [0.29, 0.717) is 5.56 Å². The fraction of sp³-hybridized carbons (Fsp3) is 0.421. The largest absolute Gasteiger partial charge is 0.465 e. The Hall–Kier alpha value is -2.63. The van der Waals surface area contributed by atoms with Crippen LogP contribution in [0.15, 0.2) is 30.3 Å². The van der Waals surface area contributed by atoms with Crippen LogP contribution in [0, 0.1) is 0 Å². The number of rotatable bonds is 5. The van der Waals surface area contributed by atoms with Crippen molar-refractivity contribution >= 4 is 23.9 Å². The zero-order chi connectivity index (χ0) is 18.1. The molecule has 6 nitrogen and oxygen atoms in total. The maximum Gasteiger partial charge on any atom is 0.337 e. The molecule has 2 rings (SSSR count). The first kappa shape index (κ1) is 18.7. The summed E-state index contributed by atoms with van der Waals surface area (Å²) in [5.74, 6) is -1.13. The third kappa shape index (κ3) is 6.06. The number of hydrogen-bond donors (Lipinski definition) is 0. The second-order valence-electron chi connectivity index (χ2n) is 5.85. The minimum Gasteiger partial charge on any atom is -0.465 e. The van der Waals surface area contributed by atoms with E-state index >= 15 is 0 Å². The van der Waals surface area contributed by atoms with Gasteiger partial charge >= 0.3 is 11.9 Å². The molecule has 1 aliphatic rings. The van der Waals surface area contributed by atoms with Crippen LogP contribution in [0.2, 0.25) is 0 Å². The third-order valence-electron chi connectivity index (χ3n) is 4.04. The fourth-order valence-electron chi connectivity index (χ4n) is 2.60. The molecule has 0 radical (unpaired) electrons. The lowest BCUT2D eigenvalue weighted by Gasteiger charge is -2.19. The molecule has 1 fully saturated rings. The van der Waals surface area contributed by atoms with Crippen LogP contribution < -0.4 is 0 Å². The number of esters is 2. The molecule has 0 aromatic heterocycles. The van der Waals surface area contributed by atoms with Crippen LogP contribution in [0.5, 0.6) is 0 Å². The smallest absolute Gasteiger partial charge is 0.337 e. The van der Waals surface area contributed by atoms with Crippen LogP contribution in [0.1, 0.15) is 41.6 Å². The Morgan fingerprint density at radius 2 is 1.68 bits per heavy atom. The number of likely N-dealkylation sites (tertiary alicyclic amines) is 1. The van der Waals surface area contributed by atoms with E-state index in [2.05, 4.69) is 4.74 Å². The number of methoxy groups -OCH3 is 1. The predicted molar refractivity (Wildman–Crippen MR) is 92.8 cm³/mol. The van der Waals surface area contributed by atoms with Crippen molar-refractivity contribution in [3.8, 4) is 0 Å². The van der Waals surface area contributed by atoms with Gasteiger partial charge in [-0.1, -0.05) is 25.0 Å². The quantitative estimate of drug-likeness (QED) is 0.605. The number of benzene rings is 1. The molecular weight excluding hydrogens is 322 g/mol. The highest BCUT2D eigenvalue weighted by atomic mass is 16.5. The molecule has 0 saturated carbocycles. The molecule has 1 aliphatic heterocycles. The first-order valence-corrected chi connectivity index (χ1v) is 8.41. The Bertz CT molecular complexity index is 628. The lowest BCUT2D eigenvalue weighted by molar-refractivity contribution is -0.148. The van der Waals surface area contributed by atoms with Gasteiger partial charge in [-0.2, -0.15) is 0 Å². The van der Waals surface area contributed by atoms with Crippen molar-refractivity contribution < 1.29 is 23.9 Å². The Labute approximate surface area is 147 Å². The van der Waals surface area contributed by atoms with Gasteiger partial charge in [0.1, 0.15) is 0 Å². The summed E-state index contributed by atoms with van der Waals surface area (Å²) in [5, 5.41) is 0. The summed E-state index contributed by atoms with van der Waals surface area (Å²) in [6.45, 7) is 1.24. The first-order chi connectivity index (χ1) is 12.1. The van der Waals surface area contributed by atoms with E-state index < -0.39 is 11.9 Å². The molecule has 6 heteroatoms. The topological polar surface area (TPSA) is 72.9 Å². The summed E-state index contributed by atoms with van der Waals surface area (Å²) >= 11 is 0. The van der Waals surface area contributed by atoms with E-state index in [1.807, 2.05) is 0 Å². The molecule has 1 heterocycles. The zero-order valence-electron chi connectivity index (χ0n) is 14.4. The van der Waals surface area contributed by atoms with E-state index in [4.69, 9.17) is 4.74 Å². The van der Waals surface area contributed by atoms with E-state index in [-0.39, 0.29) is 12.5 Å². The number of ether oxygens (including phenoxy) is 2. The highest BCUT2D eigenvalue weighted by molar-refractivity contribution is 5.91. The molecule has 0 unspecified atom stereocenters. The molecule has 0 spiro atoms. The predicted octanol–water partition coefficient (Wildman–Crippen LogP) is 2.43. The average Bonchev–Trinajstić information content (AvgIpc) is 2.93. The lowest BCUT2D eigenvalue weighted by Crippen LogP contribution is -2.35. The summed E-state index contributed by atoms with van der Waals surface area (Å²) in [4.78, 5) is 36.9. The molecule has 0 atom stereocenters. The summed E-state index contributed by atoms with van der Waals surface area (Å²) < 4.78 is 9.63. The number of carbonyl (C=O) groups excluding carboxylic acids is 3. The SMILES string of the molecule is COC(=O)c1ccc(C=CC(=O)OCC(=O)N2CCCCCC2)cc1. The van der Waals surface area contributed by atoms with E-state index in [1.54, 1.807) is 35.2 Å². The molecule has 1 amide bonds. The summed E-state index contributed by atoms with van der Waals surface area (Å²) in [6.07, 6.45) is 7.12. The summed E-state index contributed by atoms with van der Waals surface area (Å²) in [7, 11) is 1.32. The van der Waals surface area contributed by atoms with Crippen LogP contribution in [0.3, 0.4) is 0 Å². The van der Waals surface area contributed by atoms with E-state index in [9.17, 15) is 14.4 Å². The molecule has 0 aliphatic carbocycles. The van der Waals surface area contributed by atoms with Gasteiger partial charge in [-0.05, 0) is 36.6 Å². The van der Waals surface area contributed by atoms with Gasteiger partial charge in [0.05, 0.1) is 12.7 Å². The number of amides is 1. The summed E-state index contributed by atoms with van der Waals surface area (Å²) in [5.41, 5.74) is 1.17. The van der Waals surface area contributed by atoms with Gasteiger partial charge in [-0.15, -0.1) is 0 Å². The molecular formula is C19H23NO5. The van der Waals surface area contributed by atoms with Crippen molar-refractivity contribution in [2.75, 3.05) is 26.8 Å². The minimum atomic E-state index is -0.569. The maximum absolute atomic E-state index is 12.0. The van der Waals surface area contributed by atoms with Gasteiger partial charge in [0, 0.05) is 19.2 Å². The van der Waals surface area contributed by atoms with Crippen LogP contribution in [-0.4, -0.2) is 49.6 Å². The molecule has 25 heavy (non-hydrogen) atoms. The van der Waals surface area contributed by atoms with Crippen LogP contribution in [0.25, 0.3) is 6.08 Å². The lowest BCUT2D eigenvalue weighted by atomic mass is 10.1. The van der Waals surface area contributed by atoms with Crippen molar-refractivity contribution in [3.05, 3.63) is 41.5 Å². The second-order valence-corrected chi connectivity index (χ2v) is 5.85. The van der Waals surface area contributed by atoms with Crippen molar-refractivity contribution in [3.63, 3.8) is 0 Å². The second kappa shape index (κ2) is 9.61. The molecule has 134 valence electrons. The molecule has 1 saturated heterocycles. The van der Waals surface area contributed by atoms with E-state index in [1.165, 1.54) is 13.2 Å². The zero-order valence-corrected chi connectivity index (χ0v) is 14.4.